The zero-order valence-electron chi connectivity index (χ0n) is 11.9. The highest BCUT2D eigenvalue weighted by Crippen LogP contribution is 2.27. The highest BCUT2D eigenvalue weighted by atomic mass is 35.5. The molecule has 0 N–H and O–H groups in total. The highest BCUT2D eigenvalue weighted by Gasteiger charge is 2.23. The van der Waals surface area contributed by atoms with Crippen LogP contribution in [0.1, 0.15) is 18.4 Å². The monoisotopic (exact) mass is 297 g/mol. The number of nitro benzene ring substituents is 1. The first-order valence-corrected chi connectivity index (χ1v) is 7.31. The van der Waals surface area contributed by atoms with Gasteiger partial charge in [0.1, 0.15) is 0 Å². The van der Waals surface area contributed by atoms with Gasteiger partial charge in [0.2, 0.25) is 0 Å². The zero-order chi connectivity index (χ0) is 14.7. The van der Waals surface area contributed by atoms with Crippen LogP contribution in [0.2, 0.25) is 0 Å². The van der Waals surface area contributed by atoms with Gasteiger partial charge in [0, 0.05) is 37.0 Å². The normalized spacial score (nSPS) is 19.2. The third-order valence-electron chi connectivity index (χ3n) is 4.00. The van der Waals surface area contributed by atoms with Gasteiger partial charge in [-0.05, 0) is 38.6 Å². The minimum Gasteiger partial charge on any atom is -0.373 e. The van der Waals surface area contributed by atoms with E-state index in [9.17, 15) is 10.1 Å². The van der Waals surface area contributed by atoms with Crippen LogP contribution < -0.4 is 4.90 Å². The molecule has 0 aliphatic carbocycles. The van der Waals surface area contributed by atoms with E-state index in [1.807, 2.05) is 13.1 Å². The Morgan fingerprint density at radius 2 is 2.30 bits per heavy atom. The van der Waals surface area contributed by atoms with Crippen molar-refractivity contribution in [1.82, 2.24) is 4.90 Å². The number of anilines is 1. The van der Waals surface area contributed by atoms with E-state index in [1.54, 1.807) is 12.1 Å². The zero-order valence-corrected chi connectivity index (χ0v) is 12.6. The van der Waals surface area contributed by atoms with Crippen molar-refractivity contribution in [3.05, 3.63) is 33.9 Å². The summed E-state index contributed by atoms with van der Waals surface area (Å²) in [6.07, 6.45) is 2.44. The molecular weight excluding hydrogens is 278 g/mol. The summed E-state index contributed by atoms with van der Waals surface area (Å²) in [6, 6.07) is 5.71. The molecule has 1 heterocycles. The Morgan fingerprint density at radius 1 is 1.55 bits per heavy atom. The molecule has 1 saturated heterocycles. The summed E-state index contributed by atoms with van der Waals surface area (Å²) in [5.41, 5.74) is 1.64. The van der Waals surface area contributed by atoms with Crippen LogP contribution in [-0.2, 0) is 5.88 Å². The molecule has 0 saturated carbocycles. The fourth-order valence-electron chi connectivity index (χ4n) is 2.73. The fourth-order valence-corrected chi connectivity index (χ4v) is 2.94. The van der Waals surface area contributed by atoms with Crippen LogP contribution >= 0.6 is 11.6 Å². The molecule has 1 unspecified atom stereocenters. The van der Waals surface area contributed by atoms with Gasteiger partial charge in [0.15, 0.2) is 0 Å². The predicted molar refractivity (Wildman–Crippen MR) is 81.6 cm³/mol. The van der Waals surface area contributed by atoms with Gasteiger partial charge in [-0.25, -0.2) is 0 Å². The topological polar surface area (TPSA) is 49.6 Å². The van der Waals surface area contributed by atoms with E-state index in [2.05, 4.69) is 16.8 Å². The van der Waals surface area contributed by atoms with Crippen LogP contribution in [-0.4, -0.2) is 43.0 Å². The van der Waals surface area contributed by atoms with Gasteiger partial charge in [-0.15, -0.1) is 11.6 Å². The van der Waals surface area contributed by atoms with Crippen LogP contribution in [0.25, 0.3) is 0 Å². The maximum Gasteiger partial charge on any atom is 0.273 e. The largest absolute Gasteiger partial charge is 0.373 e. The average molecular weight is 298 g/mol. The summed E-state index contributed by atoms with van der Waals surface area (Å²) in [5, 5.41) is 10.9. The minimum atomic E-state index is -0.383. The molecule has 0 radical (unpaired) electrons. The quantitative estimate of drug-likeness (QED) is 0.476. The number of likely N-dealkylation sites (tertiary alicyclic amines) is 1. The predicted octanol–water partition coefficient (Wildman–Crippen LogP) is 2.86. The lowest BCUT2D eigenvalue weighted by atomic mass is 10.1. The molecule has 1 aliphatic rings. The molecule has 2 rings (SSSR count). The van der Waals surface area contributed by atoms with Gasteiger partial charge < -0.3 is 9.80 Å². The third kappa shape index (κ3) is 3.22. The highest BCUT2D eigenvalue weighted by molar-refractivity contribution is 6.17. The summed E-state index contributed by atoms with van der Waals surface area (Å²) < 4.78 is 0. The van der Waals surface area contributed by atoms with E-state index in [1.165, 1.54) is 12.8 Å². The molecule has 0 spiro atoms. The van der Waals surface area contributed by atoms with E-state index >= 15 is 0 Å². The van der Waals surface area contributed by atoms with Gasteiger partial charge in [-0.2, -0.15) is 0 Å². The van der Waals surface area contributed by atoms with Crippen molar-refractivity contribution in [3.63, 3.8) is 0 Å². The summed E-state index contributed by atoms with van der Waals surface area (Å²) in [7, 11) is 4.16. The minimum absolute atomic E-state index is 0.0927. The Bertz CT molecular complexity index is 495. The van der Waals surface area contributed by atoms with Crippen molar-refractivity contribution >= 4 is 23.0 Å². The van der Waals surface area contributed by atoms with Gasteiger partial charge in [0.05, 0.1) is 10.8 Å². The lowest BCUT2D eigenvalue weighted by Gasteiger charge is -2.27. The molecule has 1 aliphatic heterocycles. The first kappa shape index (κ1) is 15.1. The number of hydrogen-bond acceptors (Lipinski definition) is 4. The van der Waals surface area contributed by atoms with Crippen LogP contribution in [0.3, 0.4) is 0 Å². The SMILES string of the molecule is CN(CC1CCCN1C)c1ccc([N+](=O)[O-])c(CCl)c1. The third-order valence-corrected chi connectivity index (χ3v) is 4.29. The van der Waals surface area contributed by atoms with E-state index in [4.69, 9.17) is 11.6 Å². The number of nitro groups is 1. The molecule has 0 aromatic heterocycles. The fraction of sp³-hybridized carbons (Fsp3) is 0.571. The number of alkyl halides is 1. The Labute approximate surface area is 124 Å². The van der Waals surface area contributed by atoms with Crippen molar-refractivity contribution in [2.24, 2.45) is 0 Å². The van der Waals surface area contributed by atoms with Gasteiger partial charge >= 0.3 is 0 Å². The molecule has 0 bridgehead atoms. The maximum atomic E-state index is 10.9. The van der Waals surface area contributed by atoms with Crippen LogP contribution in [0.15, 0.2) is 18.2 Å². The molecule has 0 amide bonds. The van der Waals surface area contributed by atoms with E-state index in [0.29, 0.717) is 11.6 Å². The second kappa shape index (κ2) is 6.41. The Kier molecular flexibility index (Phi) is 4.83. The van der Waals surface area contributed by atoms with Gasteiger partial charge in [-0.1, -0.05) is 0 Å². The lowest BCUT2D eigenvalue weighted by Crippen LogP contribution is -2.36. The first-order chi connectivity index (χ1) is 9.52. The molecule has 1 atom stereocenters. The number of hydrogen-bond donors (Lipinski definition) is 0. The van der Waals surface area contributed by atoms with E-state index in [-0.39, 0.29) is 16.5 Å². The smallest absolute Gasteiger partial charge is 0.273 e. The summed E-state index contributed by atoms with van der Waals surface area (Å²) in [5.74, 6) is 0.154. The Hall–Kier alpha value is -1.33. The lowest BCUT2D eigenvalue weighted by molar-refractivity contribution is -0.385. The Balaban J connectivity index is 2.13. The molecule has 20 heavy (non-hydrogen) atoms. The summed E-state index contributed by atoms with van der Waals surface area (Å²) >= 11 is 5.82. The van der Waals surface area contributed by atoms with Gasteiger partial charge in [0.25, 0.3) is 5.69 Å². The van der Waals surface area contributed by atoms with Crippen molar-refractivity contribution in [2.45, 2.75) is 24.8 Å². The molecule has 1 fully saturated rings. The molecule has 5 nitrogen and oxygen atoms in total. The molecule has 6 heteroatoms. The van der Waals surface area contributed by atoms with Crippen molar-refractivity contribution < 1.29 is 4.92 Å². The molecule has 1 aromatic rings. The number of rotatable bonds is 5. The summed E-state index contributed by atoms with van der Waals surface area (Å²) in [6.45, 7) is 2.07. The number of halogens is 1. The van der Waals surface area contributed by atoms with Crippen molar-refractivity contribution in [2.75, 3.05) is 32.1 Å². The number of likely N-dealkylation sites (N-methyl/N-ethyl adjacent to an activating group) is 2. The van der Waals surface area contributed by atoms with E-state index in [0.717, 1.165) is 18.8 Å². The number of nitrogens with zero attached hydrogens (tertiary/aromatic N) is 3. The molecular formula is C14H20ClN3O2. The van der Waals surface area contributed by atoms with Crippen LogP contribution in [0.5, 0.6) is 0 Å². The summed E-state index contributed by atoms with van der Waals surface area (Å²) in [4.78, 5) is 15.0. The van der Waals surface area contributed by atoms with E-state index < -0.39 is 0 Å². The number of benzene rings is 1. The standard InChI is InChI=1S/C14H20ClN3O2/c1-16-7-3-4-13(16)10-17(2)12-5-6-14(18(19)20)11(8-12)9-15/h5-6,8,13H,3-4,7,9-10H2,1-2H3. The first-order valence-electron chi connectivity index (χ1n) is 6.77. The van der Waals surface area contributed by atoms with Crippen LogP contribution in [0.4, 0.5) is 11.4 Å². The maximum absolute atomic E-state index is 10.9. The molecule has 1 aromatic carbocycles. The molecule has 110 valence electrons. The van der Waals surface area contributed by atoms with Crippen LogP contribution in [0, 0.1) is 10.1 Å². The average Bonchev–Trinajstić information content (AvgIpc) is 2.83. The second-order valence-electron chi connectivity index (χ2n) is 5.36. The van der Waals surface area contributed by atoms with Crippen molar-refractivity contribution in [1.29, 1.82) is 0 Å². The van der Waals surface area contributed by atoms with Gasteiger partial charge in [-0.3, -0.25) is 10.1 Å². The van der Waals surface area contributed by atoms with Crippen molar-refractivity contribution in [3.8, 4) is 0 Å². The Morgan fingerprint density at radius 3 is 2.85 bits per heavy atom. The second-order valence-corrected chi connectivity index (χ2v) is 5.63.